The van der Waals surface area contributed by atoms with E-state index in [1.54, 1.807) is 0 Å². The van der Waals surface area contributed by atoms with Gasteiger partial charge < -0.3 is 5.32 Å². The number of hydrogen-bond acceptors (Lipinski definition) is 2. The van der Waals surface area contributed by atoms with Crippen LogP contribution in [0, 0.1) is 0 Å². The van der Waals surface area contributed by atoms with E-state index in [4.69, 9.17) is 0 Å². The predicted molar refractivity (Wildman–Crippen MR) is 85.7 cm³/mol. The van der Waals surface area contributed by atoms with Crippen molar-refractivity contribution in [1.82, 2.24) is 0 Å². The van der Waals surface area contributed by atoms with Gasteiger partial charge in [-0.05, 0) is 23.8 Å². The molecule has 0 atom stereocenters. The second-order valence-electron chi connectivity index (χ2n) is 4.77. The van der Waals surface area contributed by atoms with E-state index >= 15 is 0 Å². The lowest BCUT2D eigenvalue weighted by Gasteiger charge is -2.23. The lowest BCUT2D eigenvalue weighted by molar-refractivity contribution is 1.31. The van der Waals surface area contributed by atoms with E-state index in [9.17, 15) is 0 Å². The standard InChI is InChI=1S/C18H13NS/c1-2-7-13(8-3-1)14-9-6-12-17-18(14)19-15-10-4-5-11-16(15)20-17/h1-12,19H. The Morgan fingerprint density at radius 1 is 0.650 bits per heavy atom. The van der Waals surface area contributed by atoms with Crippen LogP contribution in [-0.4, -0.2) is 0 Å². The number of anilines is 2. The van der Waals surface area contributed by atoms with Gasteiger partial charge in [-0.2, -0.15) is 0 Å². The van der Waals surface area contributed by atoms with Crippen LogP contribution in [0.3, 0.4) is 0 Å². The fraction of sp³-hybridized carbons (Fsp3) is 0. The first-order valence-corrected chi connectivity index (χ1v) is 7.46. The van der Waals surface area contributed by atoms with Crippen LogP contribution in [0.25, 0.3) is 11.1 Å². The van der Waals surface area contributed by atoms with Crippen LogP contribution >= 0.6 is 11.8 Å². The first-order valence-electron chi connectivity index (χ1n) is 6.64. The summed E-state index contributed by atoms with van der Waals surface area (Å²) in [7, 11) is 0. The van der Waals surface area contributed by atoms with Crippen molar-refractivity contribution in [2.75, 3.05) is 5.32 Å². The molecule has 1 aliphatic rings. The average molecular weight is 275 g/mol. The topological polar surface area (TPSA) is 12.0 Å². The smallest absolute Gasteiger partial charge is 0.0606 e. The zero-order chi connectivity index (χ0) is 13.4. The molecule has 2 heteroatoms. The van der Waals surface area contributed by atoms with Gasteiger partial charge in [0.2, 0.25) is 0 Å². The van der Waals surface area contributed by atoms with Crippen molar-refractivity contribution in [3.8, 4) is 11.1 Å². The largest absolute Gasteiger partial charge is 0.353 e. The fourth-order valence-corrected chi connectivity index (χ4v) is 3.54. The first kappa shape index (κ1) is 11.6. The Labute approximate surface area is 122 Å². The van der Waals surface area contributed by atoms with E-state index in [1.807, 2.05) is 11.8 Å². The van der Waals surface area contributed by atoms with E-state index in [0.717, 1.165) is 0 Å². The maximum atomic E-state index is 3.59. The zero-order valence-electron chi connectivity index (χ0n) is 10.8. The molecule has 3 aromatic rings. The minimum absolute atomic E-state index is 1.19. The van der Waals surface area contributed by atoms with Crippen LogP contribution in [0.5, 0.6) is 0 Å². The molecule has 1 nitrogen and oxygen atoms in total. The van der Waals surface area contributed by atoms with E-state index in [2.05, 4.69) is 78.1 Å². The van der Waals surface area contributed by atoms with Gasteiger partial charge in [-0.15, -0.1) is 0 Å². The Hall–Kier alpha value is -2.19. The summed E-state index contributed by atoms with van der Waals surface area (Å²) in [5, 5.41) is 3.59. The van der Waals surface area contributed by atoms with Crippen LogP contribution in [0.2, 0.25) is 0 Å². The highest BCUT2D eigenvalue weighted by Crippen LogP contribution is 2.47. The number of nitrogens with one attached hydrogen (secondary N) is 1. The van der Waals surface area contributed by atoms with Gasteiger partial charge in [0.15, 0.2) is 0 Å². The molecule has 0 bridgehead atoms. The van der Waals surface area contributed by atoms with Crippen molar-refractivity contribution in [1.29, 1.82) is 0 Å². The Kier molecular flexibility index (Phi) is 2.75. The van der Waals surface area contributed by atoms with Gasteiger partial charge in [-0.3, -0.25) is 0 Å². The molecule has 1 aliphatic heterocycles. The van der Waals surface area contributed by atoms with Crippen LogP contribution in [0.15, 0.2) is 82.6 Å². The Morgan fingerprint density at radius 3 is 2.30 bits per heavy atom. The molecule has 20 heavy (non-hydrogen) atoms. The van der Waals surface area contributed by atoms with Gasteiger partial charge in [0.1, 0.15) is 0 Å². The Bertz CT molecular complexity index is 765. The summed E-state index contributed by atoms with van der Waals surface area (Å²) in [5.41, 5.74) is 4.90. The predicted octanol–water partition coefficient (Wildman–Crippen LogP) is 5.56. The summed E-state index contributed by atoms with van der Waals surface area (Å²) in [6.45, 7) is 0. The van der Waals surface area contributed by atoms with Gasteiger partial charge in [-0.1, -0.05) is 66.4 Å². The average Bonchev–Trinajstić information content (AvgIpc) is 2.53. The van der Waals surface area contributed by atoms with Crippen LogP contribution in [0.1, 0.15) is 0 Å². The van der Waals surface area contributed by atoms with Crippen LogP contribution in [0.4, 0.5) is 11.4 Å². The molecule has 3 aromatic carbocycles. The van der Waals surface area contributed by atoms with Crippen molar-refractivity contribution in [2.24, 2.45) is 0 Å². The molecule has 1 heterocycles. The van der Waals surface area contributed by atoms with Crippen molar-refractivity contribution in [2.45, 2.75) is 9.79 Å². The normalized spacial score (nSPS) is 12.2. The molecule has 1 N–H and O–H groups in total. The summed E-state index contributed by atoms with van der Waals surface area (Å²) >= 11 is 1.83. The lowest BCUT2D eigenvalue weighted by atomic mass is 10.0. The highest BCUT2D eigenvalue weighted by Gasteiger charge is 2.18. The molecule has 0 spiro atoms. The van der Waals surface area contributed by atoms with Crippen molar-refractivity contribution in [3.05, 3.63) is 72.8 Å². The fourth-order valence-electron chi connectivity index (χ4n) is 2.52. The monoisotopic (exact) mass is 275 g/mol. The number of hydrogen-bond donors (Lipinski definition) is 1. The summed E-state index contributed by atoms with van der Waals surface area (Å²) in [4.78, 5) is 2.57. The molecular formula is C18H13NS. The molecule has 4 rings (SSSR count). The summed E-state index contributed by atoms with van der Waals surface area (Å²) in [5.74, 6) is 0. The van der Waals surface area contributed by atoms with Crippen molar-refractivity contribution >= 4 is 23.1 Å². The highest BCUT2D eigenvalue weighted by molar-refractivity contribution is 7.99. The maximum absolute atomic E-state index is 3.59. The summed E-state index contributed by atoms with van der Waals surface area (Å²) in [6, 6.07) is 25.5. The van der Waals surface area contributed by atoms with E-state index in [0.29, 0.717) is 0 Å². The Morgan fingerprint density at radius 2 is 1.40 bits per heavy atom. The summed E-state index contributed by atoms with van der Waals surface area (Å²) in [6.07, 6.45) is 0. The number of benzene rings is 3. The third kappa shape index (κ3) is 1.89. The van der Waals surface area contributed by atoms with Gasteiger partial charge in [0.25, 0.3) is 0 Å². The van der Waals surface area contributed by atoms with Crippen LogP contribution < -0.4 is 5.32 Å². The molecule has 0 amide bonds. The number of rotatable bonds is 1. The molecular weight excluding hydrogens is 262 g/mol. The van der Waals surface area contributed by atoms with Gasteiger partial charge >= 0.3 is 0 Å². The lowest BCUT2D eigenvalue weighted by Crippen LogP contribution is -2.01. The summed E-state index contributed by atoms with van der Waals surface area (Å²) < 4.78 is 0. The van der Waals surface area contributed by atoms with Crippen molar-refractivity contribution in [3.63, 3.8) is 0 Å². The molecule has 0 saturated carbocycles. The minimum Gasteiger partial charge on any atom is -0.353 e. The molecule has 0 unspecified atom stereocenters. The molecule has 0 aromatic heterocycles. The molecule has 0 aliphatic carbocycles. The quantitative estimate of drug-likeness (QED) is 0.488. The van der Waals surface area contributed by atoms with Crippen molar-refractivity contribution < 1.29 is 0 Å². The van der Waals surface area contributed by atoms with E-state index in [-0.39, 0.29) is 0 Å². The molecule has 0 saturated heterocycles. The molecule has 0 fully saturated rings. The SMILES string of the molecule is c1ccc(-c2cccc3c2Nc2ccccc2S3)cc1. The Balaban J connectivity index is 1.87. The molecule has 96 valence electrons. The zero-order valence-corrected chi connectivity index (χ0v) is 11.7. The number of fused-ring (bicyclic) bond motifs is 2. The maximum Gasteiger partial charge on any atom is 0.0606 e. The second-order valence-corrected chi connectivity index (χ2v) is 5.85. The third-order valence-corrected chi connectivity index (χ3v) is 4.61. The highest BCUT2D eigenvalue weighted by atomic mass is 32.2. The van der Waals surface area contributed by atoms with E-state index in [1.165, 1.54) is 32.3 Å². The van der Waals surface area contributed by atoms with Gasteiger partial charge in [-0.25, -0.2) is 0 Å². The van der Waals surface area contributed by atoms with Gasteiger partial charge in [0.05, 0.1) is 11.4 Å². The number of para-hydroxylation sites is 2. The minimum atomic E-state index is 1.19. The van der Waals surface area contributed by atoms with Crippen LogP contribution in [-0.2, 0) is 0 Å². The van der Waals surface area contributed by atoms with E-state index < -0.39 is 0 Å². The van der Waals surface area contributed by atoms with Gasteiger partial charge in [0, 0.05) is 15.4 Å². The molecule has 0 radical (unpaired) electrons. The third-order valence-electron chi connectivity index (χ3n) is 3.48. The first-order chi connectivity index (χ1) is 9.92. The second kappa shape index (κ2) is 4.73.